The Morgan fingerprint density at radius 1 is 1.00 bits per heavy atom. The molecule has 146 valence electrons. The molecule has 0 fully saturated rings. The van der Waals surface area contributed by atoms with Gasteiger partial charge in [0.05, 0.1) is 12.2 Å². The lowest BCUT2D eigenvalue weighted by atomic mass is 10.1. The number of amides is 1. The topological polar surface area (TPSA) is 59.0 Å². The lowest BCUT2D eigenvalue weighted by molar-refractivity contribution is -0.123. The normalized spacial score (nSPS) is 11.0. The van der Waals surface area contributed by atoms with Gasteiger partial charge in [0.25, 0.3) is 0 Å². The van der Waals surface area contributed by atoms with Crippen LogP contribution in [0.1, 0.15) is 25.0 Å². The van der Waals surface area contributed by atoms with Crippen LogP contribution in [0.4, 0.5) is 0 Å². The summed E-state index contributed by atoms with van der Waals surface area (Å²) < 4.78 is 2.00. The van der Waals surface area contributed by atoms with Gasteiger partial charge in [-0.1, -0.05) is 74.5 Å². The smallest absolute Gasteiger partial charge is 0.222 e. The van der Waals surface area contributed by atoms with E-state index in [1.54, 1.807) is 0 Å². The van der Waals surface area contributed by atoms with Gasteiger partial charge in [0.2, 0.25) is 5.91 Å². The zero-order valence-corrected chi connectivity index (χ0v) is 16.6. The van der Waals surface area contributed by atoms with E-state index in [0.29, 0.717) is 13.1 Å². The summed E-state index contributed by atoms with van der Waals surface area (Å²) in [5.41, 5.74) is 4.48. The Labute approximate surface area is 166 Å². The van der Waals surface area contributed by atoms with E-state index in [1.165, 1.54) is 5.56 Å². The fraction of sp³-hybridized carbons (Fsp3) is 0.304. The maximum atomic E-state index is 11.6. The molecule has 3 rings (SSSR count). The number of carbonyl (C=O) groups excluding carboxylic acids is 1. The molecule has 0 aliphatic carbocycles. The molecular weight excluding hydrogens is 348 g/mol. The van der Waals surface area contributed by atoms with Crippen molar-refractivity contribution < 1.29 is 4.79 Å². The Kier molecular flexibility index (Phi) is 6.98. The largest absolute Gasteiger partial charge is 0.355 e. The lowest BCUT2D eigenvalue weighted by Crippen LogP contribution is -2.34. The predicted molar refractivity (Wildman–Crippen MR) is 113 cm³/mol. The Morgan fingerprint density at radius 3 is 2.36 bits per heavy atom. The average Bonchev–Trinajstić information content (AvgIpc) is 3.11. The van der Waals surface area contributed by atoms with Gasteiger partial charge in [0, 0.05) is 42.9 Å². The molecule has 5 heteroatoms. The summed E-state index contributed by atoms with van der Waals surface area (Å²) in [5, 5.41) is 11.2. The zero-order valence-electron chi connectivity index (χ0n) is 16.6. The van der Waals surface area contributed by atoms with Gasteiger partial charge in [-0.2, -0.15) is 5.10 Å². The van der Waals surface area contributed by atoms with E-state index in [2.05, 4.69) is 41.1 Å². The van der Waals surface area contributed by atoms with Gasteiger partial charge < -0.3 is 10.6 Å². The molecule has 28 heavy (non-hydrogen) atoms. The highest BCUT2D eigenvalue weighted by molar-refractivity contribution is 5.77. The van der Waals surface area contributed by atoms with Crippen LogP contribution in [0.3, 0.4) is 0 Å². The van der Waals surface area contributed by atoms with Crippen LogP contribution >= 0.6 is 0 Å². The minimum absolute atomic E-state index is 0.0147. The van der Waals surface area contributed by atoms with Crippen LogP contribution in [0.25, 0.3) is 11.3 Å². The highest BCUT2D eigenvalue weighted by Gasteiger charge is 2.11. The first-order valence-corrected chi connectivity index (χ1v) is 9.77. The second kappa shape index (κ2) is 9.85. The summed E-state index contributed by atoms with van der Waals surface area (Å²) in [5.74, 6) is 0.100. The number of hydrogen-bond donors (Lipinski definition) is 2. The molecule has 0 radical (unpaired) electrons. The first-order chi connectivity index (χ1) is 13.6. The van der Waals surface area contributed by atoms with Gasteiger partial charge in [-0.3, -0.25) is 9.48 Å². The first-order valence-electron chi connectivity index (χ1n) is 9.77. The van der Waals surface area contributed by atoms with E-state index >= 15 is 0 Å². The zero-order chi connectivity index (χ0) is 19.8. The molecule has 0 saturated heterocycles. The third kappa shape index (κ3) is 5.54. The maximum absolute atomic E-state index is 11.6. The van der Waals surface area contributed by atoms with Crippen molar-refractivity contribution in [2.75, 3.05) is 13.1 Å². The lowest BCUT2D eigenvalue weighted by Gasteiger charge is -2.08. The Hall–Kier alpha value is -2.92. The minimum Gasteiger partial charge on any atom is -0.355 e. The van der Waals surface area contributed by atoms with Crippen molar-refractivity contribution in [1.82, 2.24) is 20.4 Å². The number of carbonyl (C=O) groups is 1. The standard InChI is InChI=1S/C23H28N4O/c1-18(2)23(28)25-14-13-24-15-21-17-27(16-19-9-5-3-6-10-19)26-22(21)20-11-7-4-8-12-20/h3-12,17-18,24H,13-16H2,1-2H3,(H,25,28). The van der Waals surface area contributed by atoms with Gasteiger partial charge in [0.1, 0.15) is 0 Å². The number of aromatic nitrogens is 2. The van der Waals surface area contributed by atoms with Crippen molar-refractivity contribution in [3.63, 3.8) is 0 Å². The molecule has 3 aromatic rings. The molecule has 5 nitrogen and oxygen atoms in total. The molecule has 0 bridgehead atoms. The predicted octanol–water partition coefficient (Wildman–Crippen LogP) is 3.46. The number of nitrogens with zero attached hydrogens (tertiary/aromatic N) is 2. The van der Waals surface area contributed by atoms with Crippen LogP contribution in [0.15, 0.2) is 66.9 Å². The molecule has 1 amide bonds. The highest BCUT2D eigenvalue weighted by Crippen LogP contribution is 2.22. The van der Waals surface area contributed by atoms with E-state index in [1.807, 2.05) is 54.9 Å². The van der Waals surface area contributed by atoms with Gasteiger partial charge in [-0.05, 0) is 5.56 Å². The molecule has 0 unspecified atom stereocenters. The maximum Gasteiger partial charge on any atom is 0.222 e. The molecule has 0 spiro atoms. The Bertz CT molecular complexity index is 872. The first kappa shape index (κ1) is 19.8. The van der Waals surface area contributed by atoms with E-state index in [4.69, 9.17) is 5.10 Å². The van der Waals surface area contributed by atoms with Crippen molar-refractivity contribution in [1.29, 1.82) is 0 Å². The highest BCUT2D eigenvalue weighted by atomic mass is 16.1. The van der Waals surface area contributed by atoms with Gasteiger partial charge in [-0.25, -0.2) is 0 Å². The number of benzene rings is 2. The summed E-state index contributed by atoms with van der Waals surface area (Å²) in [6.45, 7) is 6.58. The quantitative estimate of drug-likeness (QED) is 0.562. The third-order valence-electron chi connectivity index (χ3n) is 4.51. The van der Waals surface area contributed by atoms with Gasteiger partial charge in [0.15, 0.2) is 0 Å². The summed E-state index contributed by atoms with van der Waals surface area (Å²) >= 11 is 0. The van der Waals surface area contributed by atoms with Crippen LogP contribution in [0.5, 0.6) is 0 Å². The van der Waals surface area contributed by atoms with Gasteiger partial charge in [-0.15, -0.1) is 0 Å². The summed E-state index contributed by atoms with van der Waals surface area (Å²) in [4.78, 5) is 11.6. The van der Waals surface area contributed by atoms with Crippen LogP contribution in [0.2, 0.25) is 0 Å². The van der Waals surface area contributed by atoms with Gasteiger partial charge >= 0.3 is 0 Å². The number of rotatable bonds is 9. The van der Waals surface area contributed by atoms with Crippen LogP contribution in [-0.4, -0.2) is 28.8 Å². The molecule has 0 aliphatic rings. The van der Waals surface area contributed by atoms with Crippen molar-refractivity contribution in [2.45, 2.75) is 26.9 Å². The molecule has 2 N–H and O–H groups in total. The number of nitrogens with one attached hydrogen (secondary N) is 2. The molecule has 2 aromatic carbocycles. The average molecular weight is 377 g/mol. The van der Waals surface area contributed by atoms with Crippen molar-refractivity contribution in [3.8, 4) is 11.3 Å². The summed E-state index contributed by atoms with van der Waals surface area (Å²) in [6, 6.07) is 20.6. The van der Waals surface area contributed by atoms with E-state index in [9.17, 15) is 4.79 Å². The second-order valence-electron chi connectivity index (χ2n) is 7.17. The fourth-order valence-corrected chi connectivity index (χ4v) is 2.98. The molecule has 0 saturated carbocycles. The third-order valence-corrected chi connectivity index (χ3v) is 4.51. The van der Waals surface area contributed by atoms with E-state index in [0.717, 1.165) is 29.9 Å². The fourth-order valence-electron chi connectivity index (χ4n) is 2.98. The molecule has 0 atom stereocenters. The number of hydrogen-bond acceptors (Lipinski definition) is 3. The van der Waals surface area contributed by atoms with Crippen LogP contribution in [-0.2, 0) is 17.9 Å². The molecule has 1 heterocycles. The SMILES string of the molecule is CC(C)C(=O)NCCNCc1cn(Cc2ccccc2)nc1-c1ccccc1. The van der Waals surface area contributed by atoms with E-state index < -0.39 is 0 Å². The second-order valence-corrected chi connectivity index (χ2v) is 7.17. The molecule has 1 aromatic heterocycles. The Balaban J connectivity index is 1.67. The van der Waals surface area contributed by atoms with Crippen molar-refractivity contribution in [2.24, 2.45) is 5.92 Å². The summed E-state index contributed by atoms with van der Waals surface area (Å²) in [7, 11) is 0. The van der Waals surface area contributed by atoms with Crippen LogP contribution in [0, 0.1) is 5.92 Å². The van der Waals surface area contributed by atoms with Crippen molar-refractivity contribution >= 4 is 5.91 Å². The summed E-state index contributed by atoms with van der Waals surface area (Å²) in [6.07, 6.45) is 2.11. The van der Waals surface area contributed by atoms with E-state index in [-0.39, 0.29) is 11.8 Å². The minimum atomic E-state index is 0.0147. The molecule has 0 aliphatic heterocycles. The van der Waals surface area contributed by atoms with Crippen molar-refractivity contribution in [3.05, 3.63) is 78.0 Å². The monoisotopic (exact) mass is 376 g/mol. The van der Waals surface area contributed by atoms with Crippen LogP contribution < -0.4 is 10.6 Å². The Morgan fingerprint density at radius 2 is 1.68 bits per heavy atom. The molecular formula is C23H28N4O.